The molecule has 2 rings (SSSR count). The molecule has 0 spiro atoms. The van der Waals surface area contributed by atoms with E-state index >= 15 is 0 Å². The lowest BCUT2D eigenvalue weighted by molar-refractivity contribution is 0.706. The SMILES string of the molecule is CC.Cc1ccnc(C2(N)CC2)c1. The van der Waals surface area contributed by atoms with Crippen LogP contribution in [0, 0.1) is 6.92 Å². The van der Waals surface area contributed by atoms with Gasteiger partial charge in [-0.25, -0.2) is 0 Å². The maximum Gasteiger partial charge on any atom is 0.0605 e. The normalized spacial score (nSPS) is 17.2. The van der Waals surface area contributed by atoms with Gasteiger partial charge in [0.15, 0.2) is 0 Å². The summed E-state index contributed by atoms with van der Waals surface area (Å²) in [6.45, 7) is 6.07. The van der Waals surface area contributed by atoms with E-state index in [2.05, 4.69) is 18.0 Å². The Morgan fingerprint density at radius 2 is 2.00 bits per heavy atom. The van der Waals surface area contributed by atoms with Gasteiger partial charge in [-0.05, 0) is 37.5 Å². The Morgan fingerprint density at radius 3 is 2.46 bits per heavy atom. The monoisotopic (exact) mass is 178 g/mol. The van der Waals surface area contributed by atoms with E-state index in [9.17, 15) is 0 Å². The summed E-state index contributed by atoms with van der Waals surface area (Å²) < 4.78 is 0. The van der Waals surface area contributed by atoms with Crippen LogP contribution in [0.3, 0.4) is 0 Å². The number of rotatable bonds is 1. The van der Waals surface area contributed by atoms with Crippen LogP contribution in [-0.2, 0) is 5.54 Å². The maximum atomic E-state index is 5.97. The zero-order valence-electron chi connectivity index (χ0n) is 8.67. The first kappa shape index (κ1) is 10.2. The highest BCUT2D eigenvalue weighted by Gasteiger charge is 2.41. The Kier molecular flexibility index (Phi) is 3.04. The van der Waals surface area contributed by atoms with Crippen molar-refractivity contribution in [2.45, 2.75) is 39.2 Å². The smallest absolute Gasteiger partial charge is 0.0605 e. The molecular weight excluding hydrogens is 160 g/mol. The third-order valence-electron chi connectivity index (χ3n) is 2.21. The molecule has 0 bridgehead atoms. The molecule has 1 fully saturated rings. The van der Waals surface area contributed by atoms with Crippen molar-refractivity contribution in [1.82, 2.24) is 4.98 Å². The van der Waals surface area contributed by atoms with Gasteiger partial charge in [0, 0.05) is 6.20 Å². The highest BCUT2D eigenvalue weighted by molar-refractivity contribution is 5.25. The molecular formula is C11H18N2. The molecule has 1 aromatic rings. The number of hydrogen-bond donors (Lipinski definition) is 1. The molecule has 2 nitrogen and oxygen atoms in total. The summed E-state index contributed by atoms with van der Waals surface area (Å²) in [4.78, 5) is 4.25. The minimum absolute atomic E-state index is 0.0774. The highest BCUT2D eigenvalue weighted by Crippen LogP contribution is 2.41. The zero-order valence-corrected chi connectivity index (χ0v) is 8.67. The van der Waals surface area contributed by atoms with Crippen molar-refractivity contribution in [3.63, 3.8) is 0 Å². The summed E-state index contributed by atoms with van der Waals surface area (Å²) in [6, 6.07) is 4.07. The fraction of sp³-hybridized carbons (Fsp3) is 0.545. The molecule has 0 aromatic carbocycles. The van der Waals surface area contributed by atoms with E-state index in [0.717, 1.165) is 18.5 Å². The van der Waals surface area contributed by atoms with Crippen LogP contribution in [0.4, 0.5) is 0 Å². The van der Waals surface area contributed by atoms with Gasteiger partial charge in [0.1, 0.15) is 0 Å². The fourth-order valence-electron chi connectivity index (χ4n) is 1.20. The van der Waals surface area contributed by atoms with E-state index in [4.69, 9.17) is 5.73 Å². The second-order valence-corrected chi connectivity index (χ2v) is 3.37. The molecule has 0 amide bonds. The van der Waals surface area contributed by atoms with Crippen molar-refractivity contribution < 1.29 is 0 Å². The van der Waals surface area contributed by atoms with Crippen molar-refractivity contribution in [3.8, 4) is 0 Å². The van der Waals surface area contributed by atoms with E-state index in [-0.39, 0.29) is 5.54 Å². The summed E-state index contributed by atoms with van der Waals surface area (Å²) in [6.07, 6.45) is 4.00. The van der Waals surface area contributed by atoms with E-state index in [1.54, 1.807) is 0 Å². The number of nitrogens with two attached hydrogens (primary N) is 1. The largest absolute Gasteiger partial charge is 0.320 e. The lowest BCUT2D eigenvalue weighted by Gasteiger charge is -2.07. The average molecular weight is 178 g/mol. The summed E-state index contributed by atoms with van der Waals surface area (Å²) in [5.74, 6) is 0. The average Bonchev–Trinajstić information content (AvgIpc) is 2.89. The summed E-state index contributed by atoms with van der Waals surface area (Å²) in [7, 11) is 0. The number of aryl methyl sites for hydroxylation is 1. The first-order chi connectivity index (χ1) is 6.21. The molecule has 0 aliphatic heterocycles. The standard InChI is InChI=1S/C9H12N2.C2H6/c1-7-2-5-11-8(6-7)9(10)3-4-9;1-2/h2,5-6H,3-4,10H2,1H3;1-2H3. The molecule has 1 aliphatic carbocycles. The molecule has 0 radical (unpaired) electrons. The molecule has 72 valence electrons. The Hall–Kier alpha value is -0.890. The van der Waals surface area contributed by atoms with Crippen molar-refractivity contribution in [2.75, 3.05) is 0 Å². The molecule has 0 saturated heterocycles. The van der Waals surface area contributed by atoms with Crippen LogP contribution in [0.5, 0.6) is 0 Å². The molecule has 1 heterocycles. The van der Waals surface area contributed by atoms with Gasteiger partial charge in [-0.3, -0.25) is 4.98 Å². The maximum absolute atomic E-state index is 5.97. The zero-order chi connectivity index (χ0) is 9.90. The van der Waals surface area contributed by atoms with Gasteiger partial charge in [-0.15, -0.1) is 0 Å². The van der Waals surface area contributed by atoms with Crippen molar-refractivity contribution in [2.24, 2.45) is 5.73 Å². The van der Waals surface area contributed by atoms with E-state index < -0.39 is 0 Å². The highest BCUT2D eigenvalue weighted by atomic mass is 14.9. The lowest BCUT2D eigenvalue weighted by atomic mass is 10.1. The Bertz CT molecular complexity index is 277. The quantitative estimate of drug-likeness (QED) is 0.717. The molecule has 2 N–H and O–H groups in total. The van der Waals surface area contributed by atoms with E-state index in [0.29, 0.717) is 0 Å². The molecule has 1 aliphatic rings. The van der Waals surface area contributed by atoms with Crippen LogP contribution in [-0.4, -0.2) is 4.98 Å². The summed E-state index contributed by atoms with van der Waals surface area (Å²) >= 11 is 0. The van der Waals surface area contributed by atoms with Gasteiger partial charge in [0.2, 0.25) is 0 Å². The first-order valence-electron chi connectivity index (χ1n) is 4.93. The second-order valence-electron chi connectivity index (χ2n) is 3.37. The molecule has 2 heteroatoms. The molecule has 0 unspecified atom stereocenters. The van der Waals surface area contributed by atoms with Crippen molar-refractivity contribution >= 4 is 0 Å². The van der Waals surface area contributed by atoms with Crippen LogP contribution in [0.15, 0.2) is 18.3 Å². The lowest BCUT2D eigenvalue weighted by Crippen LogP contribution is -2.20. The number of pyridine rings is 1. The second kappa shape index (κ2) is 3.88. The molecule has 0 atom stereocenters. The van der Waals surface area contributed by atoms with E-state index in [1.165, 1.54) is 5.56 Å². The van der Waals surface area contributed by atoms with Gasteiger partial charge >= 0.3 is 0 Å². The fourth-order valence-corrected chi connectivity index (χ4v) is 1.20. The summed E-state index contributed by atoms with van der Waals surface area (Å²) in [5, 5.41) is 0. The Morgan fingerprint density at radius 1 is 1.38 bits per heavy atom. The van der Waals surface area contributed by atoms with Crippen molar-refractivity contribution in [3.05, 3.63) is 29.6 Å². The molecule has 13 heavy (non-hydrogen) atoms. The Balaban J connectivity index is 0.000000396. The van der Waals surface area contributed by atoms with Crippen LogP contribution in [0.1, 0.15) is 37.9 Å². The number of nitrogens with zero attached hydrogens (tertiary/aromatic N) is 1. The van der Waals surface area contributed by atoms with Gasteiger partial charge < -0.3 is 5.73 Å². The van der Waals surface area contributed by atoms with Gasteiger partial charge in [-0.1, -0.05) is 13.8 Å². The number of hydrogen-bond acceptors (Lipinski definition) is 2. The number of aromatic nitrogens is 1. The third kappa shape index (κ3) is 2.28. The predicted octanol–water partition coefficient (Wildman–Crippen LogP) is 2.36. The topological polar surface area (TPSA) is 38.9 Å². The van der Waals surface area contributed by atoms with Gasteiger partial charge in [-0.2, -0.15) is 0 Å². The van der Waals surface area contributed by atoms with Crippen LogP contribution in [0.2, 0.25) is 0 Å². The van der Waals surface area contributed by atoms with E-state index in [1.807, 2.05) is 26.1 Å². The third-order valence-corrected chi connectivity index (χ3v) is 2.21. The first-order valence-corrected chi connectivity index (χ1v) is 4.93. The predicted molar refractivity (Wildman–Crippen MR) is 55.4 cm³/mol. The van der Waals surface area contributed by atoms with Gasteiger partial charge in [0.25, 0.3) is 0 Å². The van der Waals surface area contributed by atoms with Crippen LogP contribution in [0.25, 0.3) is 0 Å². The van der Waals surface area contributed by atoms with Gasteiger partial charge in [0.05, 0.1) is 11.2 Å². The minimum atomic E-state index is -0.0774. The molecule has 1 aromatic heterocycles. The minimum Gasteiger partial charge on any atom is -0.320 e. The summed E-state index contributed by atoms with van der Waals surface area (Å²) in [5.41, 5.74) is 8.19. The van der Waals surface area contributed by atoms with Crippen LogP contribution < -0.4 is 5.73 Å². The van der Waals surface area contributed by atoms with Crippen molar-refractivity contribution in [1.29, 1.82) is 0 Å². The molecule has 1 saturated carbocycles. The Labute approximate surface area is 80.2 Å². The van der Waals surface area contributed by atoms with Crippen LogP contribution >= 0.6 is 0 Å².